The fourth-order valence-corrected chi connectivity index (χ4v) is 0.495. The largest absolute Gasteiger partial charge is 0.410 e. The molecule has 0 saturated heterocycles. The standard InChI is InChI=1S/C5H8N4O2/c6-3-5(9-11)4(8-7)1-2-10/h10-11H,1-2,7H2. The number of aliphatic hydroxyl groups is 1. The number of hydrazone groups is 1. The van der Waals surface area contributed by atoms with Crippen molar-refractivity contribution in [2.75, 3.05) is 6.61 Å². The second-order valence-corrected chi connectivity index (χ2v) is 1.61. The van der Waals surface area contributed by atoms with Gasteiger partial charge in [-0.1, -0.05) is 5.16 Å². The Hall–Kier alpha value is -1.61. The average Bonchev–Trinajstić information content (AvgIpc) is 2.05. The zero-order valence-corrected chi connectivity index (χ0v) is 5.73. The van der Waals surface area contributed by atoms with Gasteiger partial charge in [0.15, 0.2) is 0 Å². The smallest absolute Gasteiger partial charge is 0.202 e. The highest BCUT2D eigenvalue weighted by Crippen LogP contribution is 1.88. The summed E-state index contributed by atoms with van der Waals surface area (Å²) in [6.45, 7) is -0.198. The maximum atomic E-state index is 8.43. The molecule has 0 unspecified atom stereocenters. The Morgan fingerprint density at radius 1 is 1.64 bits per heavy atom. The number of rotatable bonds is 3. The Labute approximate surface area is 63.2 Å². The minimum absolute atomic E-state index is 0.0810. The van der Waals surface area contributed by atoms with E-state index in [1.807, 2.05) is 0 Å². The number of nitrogens with two attached hydrogens (primary N) is 1. The second-order valence-electron chi connectivity index (χ2n) is 1.61. The number of hydrogen-bond donors (Lipinski definition) is 3. The minimum Gasteiger partial charge on any atom is -0.410 e. The van der Waals surface area contributed by atoms with Crippen LogP contribution in [-0.4, -0.2) is 28.3 Å². The molecule has 0 aliphatic heterocycles. The monoisotopic (exact) mass is 156 g/mol. The van der Waals surface area contributed by atoms with Gasteiger partial charge in [0, 0.05) is 13.0 Å². The van der Waals surface area contributed by atoms with E-state index in [0.717, 1.165) is 0 Å². The van der Waals surface area contributed by atoms with Gasteiger partial charge in [0.2, 0.25) is 5.71 Å². The van der Waals surface area contributed by atoms with Crippen molar-refractivity contribution in [3.05, 3.63) is 0 Å². The van der Waals surface area contributed by atoms with Crippen molar-refractivity contribution in [1.29, 1.82) is 5.26 Å². The van der Waals surface area contributed by atoms with E-state index in [1.165, 1.54) is 0 Å². The fourth-order valence-electron chi connectivity index (χ4n) is 0.495. The summed E-state index contributed by atoms with van der Waals surface area (Å²) in [6.07, 6.45) is 0.101. The van der Waals surface area contributed by atoms with Gasteiger partial charge in [-0.15, -0.1) is 0 Å². The molecule has 60 valence electrons. The predicted molar refractivity (Wildman–Crippen MR) is 38.2 cm³/mol. The van der Waals surface area contributed by atoms with Crippen molar-refractivity contribution < 1.29 is 10.3 Å². The van der Waals surface area contributed by atoms with Gasteiger partial charge in [0.05, 0.1) is 0 Å². The van der Waals surface area contributed by atoms with Gasteiger partial charge in [-0.25, -0.2) is 0 Å². The van der Waals surface area contributed by atoms with Crippen LogP contribution in [0.15, 0.2) is 10.3 Å². The lowest BCUT2D eigenvalue weighted by molar-refractivity contribution is 0.306. The van der Waals surface area contributed by atoms with Crippen LogP contribution < -0.4 is 5.84 Å². The normalized spacial score (nSPS) is 12.7. The van der Waals surface area contributed by atoms with Crippen molar-refractivity contribution in [2.24, 2.45) is 16.1 Å². The van der Waals surface area contributed by atoms with E-state index >= 15 is 0 Å². The number of nitriles is 1. The van der Waals surface area contributed by atoms with Crippen molar-refractivity contribution >= 4 is 11.4 Å². The molecule has 0 radical (unpaired) electrons. The third-order valence-electron chi connectivity index (χ3n) is 0.984. The fraction of sp³-hybridized carbons (Fsp3) is 0.400. The van der Waals surface area contributed by atoms with E-state index in [1.54, 1.807) is 6.07 Å². The molecule has 6 heteroatoms. The van der Waals surface area contributed by atoms with Gasteiger partial charge in [0.25, 0.3) is 0 Å². The van der Waals surface area contributed by atoms with Gasteiger partial charge in [-0.3, -0.25) is 0 Å². The first-order chi connectivity index (χ1) is 5.29. The zero-order chi connectivity index (χ0) is 8.69. The lowest BCUT2D eigenvalue weighted by atomic mass is 10.2. The molecule has 0 atom stereocenters. The molecular weight excluding hydrogens is 148 g/mol. The van der Waals surface area contributed by atoms with Crippen molar-refractivity contribution in [2.45, 2.75) is 6.42 Å². The summed E-state index contributed by atoms with van der Waals surface area (Å²) < 4.78 is 0. The first kappa shape index (κ1) is 9.39. The molecule has 0 fully saturated rings. The van der Waals surface area contributed by atoms with Gasteiger partial charge in [-0.05, 0) is 0 Å². The molecule has 0 rings (SSSR count). The van der Waals surface area contributed by atoms with Crippen LogP contribution in [0.2, 0.25) is 0 Å². The molecule has 0 spiro atoms. The Morgan fingerprint density at radius 2 is 2.27 bits per heavy atom. The molecule has 0 aromatic rings. The third kappa shape index (κ3) is 2.64. The second kappa shape index (κ2) is 5.20. The van der Waals surface area contributed by atoms with Crippen LogP contribution >= 0.6 is 0 Å². The SMILES string of the molecule is N#CC(=NO)C(CCO)=NN. The molecule has 0 heterocycles. The maximum Gasteiger partial charge on any atom is 0.202 e. The summed E-state index contributed by atoms with van der Waals surface area (Å²) in [5, 5.41) is 30.7. The Bertz CT molecular complexity index is 215. The van der Waals surface area contributed by atoms with Gasteiger partial charge in [-0.2, -0.15) is 10.4 Å². The van der Waals surface area contributed by atoms with Crippen LogP contribution in [0.25, 0.3) is 0 Å². The molecule has 0 bridgehead atoms. The Balaban J connectivity index is 4.41. The predicted octanol–water partition coefficient (Wildman–Crippen LogP) is -0.963. The summed E-state index contributed by atoms with van der Waals surface area (Å²) >= 11 is 0. The first-order valence-electron chi connectivity index (χ1n) is 2.80. The van der Waals surface area contributed by atoms with E-state index in [-0.39, 0.29) is 24.5 Å². The molecule has 6 nitrogen and oxygen atoms in total. The van der Waals surface area contributed by atoms with Crippen LogP contribution in [0.1, 0.15) is 6.42 Å². The van der Waals surface area contributed by atoms with Gasteiger partial charge >= 0.3 is 0 Å². The van der Waals surface area contributed by atoms with Crippen LogP contribution in [0, 0.1) is 11.3 Å². The van der Waals surface area contributed by atoms with Crippen molar-refractivity contribution in [3.8, 4) is 6.07 Å². The number of oxime groups is 1. The minimum atomic E-state index is -0.276. The average molecular weight is 156 g/mol. The highest BCUT2D eigenvalue weighted by Gasteiger charge is 2.07. The topological polar surface area (TPSA) is 115 Å². The molecule has 0 saturated carbocycles. The zero-order valence-electron chi connectivity index (χ0n) is 5.73. The summed E-state index contributed by atoms with van der Waals surface area (Å²) in [6, 6.07) is 1.57. The summed E-state index contributed by atoms with van der Waals surface area (Å²) in [4.78, 5) is 0. The Morgan fingerprint density at radius 3 is 2.55 bits per heavy atom. The first-order valence-corrected chi connectivity index (χ1v) is 2.80. The summed E-state index contributed by atoms with van der Waals surface area (Å²) in [5.74, 6) is 4.84. The van der Waals surface area contributed by atoms with E-state index in [0.29, 0.717) is 0 Å². The quantitative estimate of drug-likeness (QED) is 0.211. The van der Waals surface area contributed by atoms with E-state index in [9.17, 15) is 0 Å². The molecule has 0 aromatic carbocycles. The highest BCUT2D eigenvalue weighted by molar-refractivity contribution is 6.48. The summed E-state index contributed by atoms with van der Waals surface area (Å²) in [7, 11) is 0. The molecule has 4 N–H and O–H groups in total. The van der Waals surface area contributed by atoms with E-state index in [4.69, 9.17) is 21.4 Å². The van der Waals surface area contributed by atoms with Gasteiger partial charge in [0.1, 0.15) is 11.8 Å². The van der Waals surface area contributed by atoms with Crippen LogP contribution in [-0.2, 0) is 0 Å². The molecule has 0 aliphatic carbocycles. The Kier molecular flexibility index (Phi) is 4.44. The number of hydrogen-bond acceptors (Lipinski definition) is 6. The lowest BCUT2D eigenvalue weighted by Crippen LogP contribution is -2.15. The van der Waals surface area contributed by atoms with Crippen molar-refractivity contribution in [3.63, 3.8) is 0 Å². The van der Waals surface area contributed by atoms with Crippen LogP contribution in [0.4, 0.5) is 0 Å². The molecule has 0 amide bonds. The number of aliphatic hydroxyl groups excluding tert-OH is 1. The molecule has 0 aromatic heterocycles. The highest BCUT2D eigenvalue weighted by atomic mass is 16.4. The maximum absolute atomic E-state index is 8.43. The molecular formula is C5H8N4O2. The van der Waals surface area contributed by atoms with Crippen molar-refractivity contribution in [1.82, 2.24) is 0 Å². The third-order valence-corrected chi connectivity index (χ3v) is 0.984. The summed E-state index contributed by atoms with van der Waals surface area (Å²) in [5.41, 5.74) is -0.195. The number of nitrogens with zero attached hydrogens (tertiary/aromatic N) is 3. The van der Waals surface area contributed by atoms with E-state index in [2.05, 4.69) is 10.3 Å². The van der Waals surface area contributed by atoms with E-state index < -0.39 is 0 Å². The van der Waals surface area contributed by atoms with Crippen LogP contribution in [0.3, 0.4) is 0 Å². The van der Waals surface area contributed by atoms with Crippen LogP contribution in [0.5, 0.6) is 0 Å². The van der Waals surface area contributed by atoms with Gasteiger partial charge < -0.3 is 16.2 Å². The lowest BCUT2D eigenvalue weighted by Gasteiger charge is -1.95. The molecule has 11 heavy (non-hydrogen) atoms. The molecule has 0 aliphatic rings.